The van der Waals surface area contributed by atoms with Crippen molar-refractivity contribution in [1.82, 2.24) is 4.98 Å². The molecule has 0 bridgehead atoms. The molecule has 1 heterocycles. The van der Waals surface area contributed by atoms with Crippen molar-refractivity contribution in [2.75, 3.05) is 0 Å². The molecule has 0 saturated heterocycles. The first-order valence-electron chi connectivity index (χ1n) is 5.24. The first kappa shape index (κ1) is 13.1. The van der Waals surface area contributed by atoms with Crippen LogP contribution in [0.15, 0.2) is 30.5 Å². The first-order chi connectivity index (χ1) is 8.60. The van der Waals surface area contributed by atoms with Gasteiger partial charge in [0.25, 0.3) is 0 Å². The van der Waals surface area contributed by atoms with Crippen molar-refractivity contribution in [1.29, 1.82) is 0 Å². The molecule has 0 aliphatic carbocycles. The number of benzene rings is 1. The Bertz CT molecular complexity index is 575. The lowest BCUT2D eigenvalue weighted by atomic mass is 10.2. The zero-order chi connectivity index (χ0) is 13.1. The average molecular weight is 286 g/mol. The van der Waals surface area contributed by atoms with Gasteiger partial charge in [-0.25, -0.2) is 9.37 Å². The highest BCUT2D eigenvalue weighted by atomic mass is 35.5. The molecular weight excluding hydrogens is 276 g/mol. The molecule has 0 radical (unpaired) electrons. The Labute approximate surface area is 114 Å². The lowest BCUT2D eigenvalue weighted by molar-refractivity contribution is 0.457. The Balaban J connectivity index is 2.25. The molecule has 0 N–H and O–H groups in total. The quantitative estimate of drug-likeness (QED) is 0.762. The second-order valence-electron chi connectivity index (χ2n) is 3.78. The minimum Gasteiger partial charge on any atom is -0.437 e. The van der Waals surface area contributed by atoms with Crippen LogP contribution in [0.25, 0.3) is 0 Å². The molecule has 1 aromatic carbocycles. The largest absolute Gasteiger partial charge is 0.437 e. The zero-order valence-electron chi connectivity index (χ0n) is 9.58. The van der Waals surface area contributed by atoms with Crippen molar-refractivity contribution in [3.8, 4) is 11.6 Å². The van der Waals surface area contributed by atoms with Gasteiger partial charge in [0, 0.05) is 18.1 Å². The molecule has 0 unspecified atom stereocenters. The minimum absolute atomic E-state index is 0.230. The summed E-state index contributed by atoms with van der Waals surface area (Å²) in [5.74, 6) is 0.576. The van der Waals surface area contributed by atoms with E-state index in [1.165, 1.54) is 6.07 Å². The standard InChI is InChI=1S/C13H10Cl2FNO/c1-8-2-3-10(5-12(8)16)18-13-11(15)4-9(6-14)7-17-13/h2-5,7H,6H2,1H3. The van der Waals surface area contributed by atoms with Crippen LogP contribution in [0.5, 0.6) is 11.6 Å². The highest BCUT2D eigenvalue weighted by Crippen LogP contribution is 2.28. The summed E-state index contributed by atoms with van der Waals surface area (Å²) in [5.41, 5.74) is 1.35. The third-order valence-corrected chi connectivity index (χ3v) is 2.96. The van der Waals surface area contributed by atoms with Gasteiger partial charge in [0.1, 0.15) is 16.6 Å². The van der Waals surface area contributed by atoms with E-state index in [1.807, 2.05) is 0 Å². The predicted octanol–water partition coefficient (Wildman–Crippen LogP) is 4.71. The molecule has 5 heteroatoms. The minimum atomic E-state index is -0.332. The maximum absolute atomic E-state index is 13.4. The second-order valence-corrected chi connectivity index (χ2v) is 4.45. The van der Waals surface area contributed by atoms with E-state index in [4.69, 9.17) is 27.9 Å². The van der Waals surface area contributed by atoms with Crippen LogP contribution in [0.1, 0.15) is 11.1 Å². The molecule has 0 atom stereocenters. The van der Waals surface area contributed by atoms with Gasteiger partial charge in [0.2, 0.25) is 5.88 Å². The normalized spacial score (nSPS) is 10.4. The number of alkyl halides is 1. The highest BCUT2D eigenvalue weighted by molar-refractivity contribution is 6.32. The molecule has 2 nitrogen and oxygen atoms in total. The SMILES string of the molecule is Cc1ccc(Oc2ncc(CCl)cc2Cl)cc1F. The van der Waals surface area contributed by atoms with Gasteiger partial charge in [-0.05, 0) is 30.2 Å². The van der Waals surface area contributed by atoms with E-state index in [9.17, 15) is 4.39 Å². The van der Waals surface area contributed by atoms with Crippen LogP contribution < -0.4 is 4.74 Å². The van der Waals surface area contributed by atoms with Gasteiger partial charge in [-0.3, -0.25) is 0 Å². The molecule has 94 valence electrons. The Morgan fingerprint density at radius 3 is 2.72 bits per heavy atom. The van der Waals surface area contributed by atoms with E-state index in [-0.39, 0.29) is 11.7 Å². The molecule has 18 heavy (non-hydrogen) atoms. The van der Waals surface area contributed by atoms with Crippen LogP contribution in [0.4, 0.5) is 4.39 Å². The van der Waals surface area contributed by atoms with E-state index >= 15 is 0 Å². The van der Waals surface area contributed by atoms with Crippen LogP contribution in [0.3, 0.4) is 0 Å². The summed E-state index contributed by atoms with van der Waals surface area (Å²) in [6.07, 6.45) is 1.57. The smallest absolute Gasteiger partial charge is 0.238 e. The number of ether oxygens (including phenoxy) is 1. The zero-order valence-corrected chi connectivity index (χ0v) is 11.1. The predicted molar refractivity (Wildman–Crippen MR) is 70.0 cm³/mol. The van der Waals surface area contributed by atoms with Gasteiger partial charge in [0.15, 0.2) is 0 Å². The summed E-state index contributed by atoms with van der Waals surface area (Å²) in [5, 5.41) is 0.342. The van der Waals surface area contributed by atoms with Crippen LogP contribution in [-0.4, -0.2) is 4.98 Å². The van der Waals surface area contributed by atoms with E-state index < -0.39 is 0 Å². The van der Waals surface area contributed by atoms with Gasteiger partial charge in [0.05, 0.1) is 0 Å². The number of hydrogen-bond donors (Lipinski definition) is 0. The number of halogens is 3. The monoisotopic (exact) mass is 285 g/mol. The third-order valence-electron chi connectivity index (χ3n) is 2.38. The number of pyridine rings is 1. The Kier molecular flexibility index (Phi) is 4.04. The maximum Gasteiger partial charge on any atom is 0.238 e. The van der Waals surface area contributed by atoms with E-state index in [2.05, 4.69) is 4.98 Å². The van der Waals surface area contributed by atoms with E-state index in [0.717, 1.165) is 5.56 Å². The topological polar surface area (TPSA) is 22.1 Å². The van der Waals surface area contributed by atoms with Crippen molar-refractivity contribution >= 4 is 23.2 Å². The fourth-order valence-electron chi connectivity index (χ4n) is 1.36. The third kappa shape index (κ3) is 2.92. The Hall–Kier alpha value is -1.32. The van der Waals surface area contributed by atoms with Crippen LogP contribution in [0.2, 0.25) is 5.02 Å². The molecule has 0 spiro atoms. The molecular formula is C13H10Cl2FNO. The molecule has 0 fully saturated rings. The summed E-state index contributed by atoms with van der Waals surface area (Å²) >= 11 is 11.6. The van der Waals surface area contributed by atoms with Crippen molar-refractivity contribution < 1.29 is 9.13 Å². The van der Waals surface area contributed by atoms with Gasteiger partial charge in [-0.2, -0.15) is 0 Å². The van der Waals surface area contributed by atoms with Gasteiger partial charge in [-0.1, -0.05) is 17.7 Å². The number of rotatable bonds is 3. The van der Waals surface area contributed by atoms with E-state index in [1.54, 1.807) is 31.3 Å². The molecule has 2 aromatic rings. The summed E-state index contributed by atoms with van der Waals surface area (Å²) in [6, 6.07) is 6.25. The van der Waals surface area contributed by atoms with Crippen LogP contribution >= 0.6 is 23.2 Å². The van der Waals surface area contributed by atoms with Crippen molar-refractivity contribution in [2.45, 2.75) is 12.8 Å². The summed E-state index contributed by atoms with van der Waals surface area (Å²) in [4.78, 5) is 4.04. The van der Waals surface area contributed by atoms with Gasteiger partial charge in [-0.15, -0.1) is 11.6 Å². The lowest BCUT2D eigenvalue weighted by Gasteiger charge is -2.08. The molecule has 0 aliphatic heterocycles. The van der Waals surface area contributed by atoms with Crippen molar-refractivity contribution in [3.63, 3.8) is 0 Å². The summed E-state index contributed by atoms with van der Waals surface area (Å²) < 4.78 is 18.8. The fourth-order valence-corrected chi connectivity index (χ4v) is 1.74. The van der Waals surface area contributed by atoms with Gasteiger partial charge < -0.3 is 4.74 Å². The van der Waals surface area contributed by atoms with Crippen LogP contribution in [-0.2, 0) is 5.88 Å². The van der Waals surface area contributed by atoms with Gasteiger partial charge >= 0.3 is 0 Å². The number of aryl methyl sites for hydroxylation is 1. The highest BCUT2D eigenvalue weighted by Gasteiger charge is 2.07. The maximum atomic E-state index is 13.4. The van der Waals surface area contributed by atoms with Crippen molar-refractivity contribution in [2.24, 2.45) is 0 Å². The second kappa shape index (κ2) is 5.55. The number of nitrogens with zero attached hydrogens (tertiary/aromatic N) is 1. The average Bonchev–Trinajstić information content (AvgIpc) is 2.36. The molecule has 0 saturated carbocycles. The first-order valence-corrected chi connectivity index (χ1v) is 6.16. The Morgan fingerprint density at radius 1 is 1.33 bits per heavy atom. The number of aromatic nitrogens is 1. The van der Waals surface area contributed by atoms with Crippen molar-refractivity contribution in [3.05, 3.63) is 52.4 Å². The Morgan fingerprint density at radius 2 is 2.11 bits per heavy atom. The van der Waals surface area contributed by atoms with E-state index in [0.29, 0.717) is 22.2 Å². The number of hydrogen-bond acceptors (Lipinski definition) is 2. The molecule has 1 aromatic heterocycles. The fraction of sp³-hybridized carbons (Fsp3) is 0.154. The lowest BCUT2D eigenvalue weighted by Crippen LogP contribution is -1.92. The molecule has 0 amide bonds. The van der Waals surface area contributed by atoms with Crippen LogP contribution in [0, 0.1) is 12.7 Å². The molecule has 2 rings (SSSR count). The molecule has 0 aliphatic rings. The summed E-state index contributed by atoms with van der Waals surface area (Å²) in [7, 11) is 0. The summed E-state index contributed by atoms with van der Waals surface area (Å²) in [6.45, 7) is 1.68.